The van der Waals surface area contributed by atoms with Crippen LogP contribution in [0.25, 0.3) is 0 Å². The highest BCUT2D eigenvalue weighted by atomic mass is 79.9. The van der Waals surface area contributed by atoms with E-state index in [0.717, 1.165) is 29.2 Å². The van der Waals surface area contributed by atoms with Crippen LogP contribution in [0.2, 0.25) is 0 Å². The summed E-state index contributed by atoms with van der Waals surface area (Å²) >= 11 is 3.13. The number of imide groups is 1. The topological polar surface area (TPSA) is 37.4 Å². The van der Waals surface area contributed by atoms with E-state index in [1.54, 1.807) is 0 Å². The number of hydrogen-bond donors (Lipinski definition) is 0. The highest BCUT2D eigenvalue weighted by molar-refractivity contribution is 9.09. The van der Waals surface area contributed by atoms with Gasteiger partial charge in [0.2, 0.25) is 11.8 Å². The van der Waals surface area contributed by atoms with Crippen molar-refractivity contribution in [1.29, 1.82) is 0 Å². The molecule has 1 unspecified atom stereocenters. The molecule has 1 aliphatic rings. The molecule has 1 aliphatic heterocycles. The minimum atomic E-state index is -4.43. The number of rotatable bonds is 2. The molecular formula is C12H9BrF3NO2. The SMILES string of the molecule is O=C1CC(CBr)C(=O)N1c1ccc(C(F)(F)F)cc1. The largest absolute Gasteiger partial charge is 0.416 e. The van der Waals surface area contributed by atoms with Gasteiger partial charge in [-0.05, 0) is 24.3 Å². The lowest BCUT2D eigenvalue weighted by molar-refractivity contribution is -0.137. The summed E-state index contributed by atoms with van der Waals surface area (Å²) in [6.07, 6.45) is -4.36. The van der Waals surface area contributed by atoms with Gasteiger partial charge in [-0.25, -0.2) is 0 Å². The maximum atomic E-state index is 12.4. The van der Waals surface area contributed by atoms with Gasteiger partial charge >= 0.3 is 6.18 Å². The van der Waals surface area contributed by atoms with Crippen LogP contribution >= 0.6 is 15.9 Å². The Morgan fingerprint density at radius 3 is 2.21 bits per heavy atom. The van der Waals surface area contributed by atoms with Crippen molar-refractivity contribution in [3.05, 3.63) is 29.8 Å². The molecule has 1 fully saturated rings. The van der Waals surface area contributed by atoms with Crippen LogP contribution in [0.3, 0.4) is 0 Å². The molecule has 7 heteroatoms. The van der Waals surface area contributed by atoms with Crippen LogP contribution in [-0.4, -0.2) is 17.1 Å². The molecule has 1 aromatic carbocycles. The van der Waals surface area contributed by atoms with Crippen molar-refractivity contribution in [2.24, 2.45) is 5.92 Å². The molecular weight excluding hydrogens is 327 g/mol. The summed E-state index contributed by atoms with van der Waals surface area (Å²) in [6.45, 7) is 0. The maximum absolute atomic E-state index is 12.4. The number of anilines is 1. The fourth-order valence-corrected chi connectivity index (χ4v) is 2.39. The monoisotopic (exact) mass is 335 g/mol. The number of halogens is 4. The van der Waals surface area contributed by atoms with Crippen molar-refractivity contribution < 1.29 is 22.8 Å². The molecule has 3 nitrogen and oxygen atoms in total. The van der Waals surface area contributed by atoms with Crippen molar-refractivity contribution >= 4 is 33.4 Å². The molecule has 1 aromatic rings. The first-order valence-corrected chi connectivity index (χ1v) is 6.56. The molecule has 102 valence electrons. The van der Waals surface area contributed by atoms with E-state index in [9.17, 15) is 22.8 Å². The molecule has 1 saturated heterocycles. The van der Waals surface area contributed by atoms with Gasteiger partial charge in [0.25, 0.3) is 0 Å². The second kappa shape index (κ2) is 4.96. The van der Waals surface area contributed by atoms with Crippen molar-refractivity contribution in [3.63, 3.8) is 0 Å². The molecule has 0 saturated carbocycles. The van der Waals surface area contributed by atoms with Crippen LogP contribution in [-0.2, 0) is 15.8 Å². The third-order valence-electron chi connectivity index (χ3n) is 2.88. The minimum Gasteiger partial charge on any atom is -0.274 e. The maximum Gasteiger partial charge on any atom is 0.416 e. The Labute approximate surface area is 115 Å². The smallest absolute Gasteiger partial charge is 0.274 e. The summed E-state index contributed by atoms with van der Waals surface area (Å²) in [6, 6.07) is 3.99. The Bertz CT molecular complexity index is 513. The van der Waals surface area contributed by atoms with E-state index in [-0.39, 0.29) is 18.0 Å². The summed E-state index contributed by atoms with van der Waals surface area (Å²) < 4.78 is 37.2. The Balaban J connectivity index is 2.28. The third-order valence-corrected chi connectivity index (χ3v) is 3.66. The predicted octanol–water partition coefficient (Wildman–Crippen LogP) is 2.98. The van der Waals surface area contributed by atoms with Gasteiger partial charge in [0.1, 0.15) is 0 Å². The molecule has 0 aromatic heterocycles. The minimum absolute atomic E-state index is 0.0745. The van der Waals surface area contributed by atoms with Gasteiger partial charge in [0.05, 0.1) is 17.2 Å². The van der Waals surface area contributed by atoms with Gasteiger partial charge in [-0.1, -0.05) is 15.9 Å². The zero-order chi connectivity index (χ0) is 14.2. The predicted molar refractivity (Wildman–Crippen MR) is 65.8 cm³/mol. The summed E-state index contributed by atoms with van der Waals surface area (Å²) in [5, 5.41) is 0.356. The Morgan fingerprint density at radius 2 is 1.79 bits per heavy atom. The third kappa shape index (κ3) is 2.65. The molecule has 0 bridgehead atoms. The van der Waals surface area contributed by atoms with Gasteiger partial charge in [0.15, 0.2) is 0 Å². The first-order chi connectivity index (χ1) is 8.84. The van der Waals surface area contributed by atoms with Gasteiger partial charge in [0, 0.05) is 11.8 Å². The summed E-state index contributed by atoms with van der Waals surface area (Å²) in [5.74, 6) is -1.23. The Morgan fingerprint density at radius 1 is 1.21 bits per heavy atom. The lowest BCUT2D eigenvalue weighted by Gasteiger charge is -2.15. The van der Waals surface area contributed by atoms with E-state index in [0.29, 0.717) is 5.33 Å². The van der Waals surface area contributed by atoms with Crippen molar-refractivity contribution in [2.45, 2.75) is 12.6 Å². The number of alkyl halides is 4. The van der Waals surface area contributed by atoms with Crippen molar-refractivity contribution in [2.75, 3.05) is 10.2 Å². The highest BCUT2D eigenvalue weighted by Crippen LogP contribution is 2.32. The van der Waals surface area contributed by atoms with Crippen LogP contribution in [0.15, 0.2) is 24.3 Å². The number of carbonyl (C=O) groups excluding carboxylic acids is 2. The molecule has 0 aliphatic carbocycles. The number of hydrogen-bond acceptors (Lipinski definition) is 2. The molecule has 0 N–H and O–H groups in total. The van der Waals surface area contributed by atoms with Gasteiger partial charge in [-0.2, -0.15) is 13.2 Å². The van der Waals surface area contributed by atoms with Crippen molar-refractivity contribution in [1.82, 2.24) is 0 Å². The first kappa shape index (κ1) is 14.0. The molecule has 2 amide bonds. The second-order valence-electron chi connectivity index (χ2n) is 4.17. The number of benzene rings is 1. The summed E-state index contributed by atoms with van der Waals surface area (Å²) in [4.78, 5) is 24.5. The molecule has 19 heavy (non-hydrogen) atoms. The molecule has 0 radical (unpaired) electrons. The highest BCUT2D eigenvalue weighted by Gasteiger charge is 2.39. The fraction of sp³-hybridized carbons (Fsp3) is 0.333. The van der Waals surface area contributed by atoms with E-state index < -0.39 is 23.6 Å². The normalized spacial score (nSPS) is 20.2. The summed E-state index contributed by atoms with van der Waals surface area (Å²) in [5.41, 5.74) is -0.640. The zero-order valence-electron chi connectivity index (χ0n) is 9.58. The van der Waals surface area contributed by atoms with Crippen molar-refractivity contribution in [3.8, 4) is 0 Å². The molecule has 1 heterocycles. The van der Waals surface area contributed by atoms with E-state index >= 15 is 0 Å². The average Bonchev–Trinajstić information content (AvgIpc) is 2.63. The van der Waals surface area contributed by atoms with Crippen LogP contribution in [0, 0.1) is 5.92 Å². The van der Waals surface area contributed by atoms with Crippen LogP contribution in [0.5, 0.6) is 0 Å². The Kier molecular flexibility index (Phi) is 3.66. The van der Waals surface area contributed by atoms with Gasteiger partial charge in [-0.3, -0.25) is 14.5 Å². The Hall–Kier alpha value is -1.37. The van der Waals surface area contributed by atoms with Crippen LogP contribution < -0.4 is 4.90 Å². The first-order valence-electron chi connectivity index (χ1n) is 5.44. The molecule has 2 rings (SSSR count). The fourth-order valence-electron chi connectivity index (χ4n) is 1.89. The van der Waals surface area contributed by atoms with Crippen LogP contribution in [0.1, 0.15) is 12.0 Å². The van der Waals surface area contributed by atoms with E-state index in [1.807, 2.05) is 0 Å². The lowest BCUT2D eigenvalue weighted by atomic mass is 10.1. The number of amides is 2. The van der Waals surface area contributed by atoms with Gasteiger partial charge in [-0.15, -0.1) is 0 Å². The number of nitrogens with zero attached hydrogens (tertiary/aromatic N) is 1. The quantitative estimate of drug-likeness (QED) is 0.615. The second-order valence-corrected chi connectivity index (χ2v) is 4.81. The standard InChI is InChI=1S/C12H9BrF3NO2/c13-6-7-5-10(18)17(11(7)19)9-3-1-8(2-4-9)12(14,15)16/h1-4,7H,5-6H2. The zero-order valence-corrected chi connectivity index (χ0v) is 11.2. The summed E-state index contributed by atoms with van der Waals surface area (Å²) in [7, 11) is 0. The van der Waals surface area contributed by atoms with E-state index in [1.165, 1.54) is 0 Å². The molecule has 1 atom stereocenters. The van der Waals surface area contributed by atoms with Gasteiger partial charge < -0.3 is 0 Å². The van der Waals surface area contributed by atoms with Crippen LogP contribution in [0.4, 0.5) is 18.9 Å². The number of carbonyl (C=O) groups is 2. The van der Waals surface area contributed by atoms with E-state index in [2.05, 4.69) is 15.9 Å². The molecule has 0 spiro atoms. The lowest BCUT2D eigenvalue weighted by Crippen LogP contribution is -2.30. The average molecular weight is 336 g/mol. The van der Waals surface area contributed by atoms with E-state index in [4.69, 9.17) is 0 Å².